The fraction of sp³-hybridized carbons (Fsp3) is 0.107. The van der Waals surface area contributed by atoms with Crippen LogP contribution in [0.4, 0.5) is 0 Å². The molecule has 196 valence electrons. The highest BCUT2D eigenvalue weighted by molar-refractivity contribution is 6.31. The molecule has 0 saturated heterocycles. The van der Waals surface area contributed by atoms with Crippen LogP contribution in [0.3, 0.4) is 0 Å². The van der Waals surface area contributed by atoms with E-state index >= 15 is 0 Å². The van der Waals surface area contributed by atoms with Crippen molar-refractivity contribution in [3.63, 3.8) is 0 Å². The van der Waals surface area contributed by atoms with Crippen LogP contribution in [0.25, 0.3) is 16.9 Å². The molecule has 0 aliphatic carbocycles. The molecule has 1 amide bonds. The molecule has 0 unspecified atom stereocenters. The second kappa shape index (κ2) is 11.8. The molecule has 0 spiro atoms. The van der Waals surface area contributed by atoms with Gasteiger partial charge in [-0.05, 0) is 41.5 Å². The molecular weight excluding hydrogens is 559 g/mol. The summed E-state index contributed by atoms with van der Waals surface area (Å²) in [5, 5.41) is 12.0. The van der Waals surface area contributed by atoms with E-state index in [4.69, 9.17) is 34.8 Å². The average Bonchev–Trinajstić information content (AvgIpc) is 3.38. The summed E-state index contributed by atoms with van der Waals surface area (Å²) in [4.78, 5) is 31.4. The van der Waals surface area contributed by atoms with Crippen LogP contribution >= 0.6 is 34.8 Å². The van der Waals surface area contributed by atoms with Gasteiger partial charge in [-0.25, -0.2) is 9.67 Å². The zero-order chi connectivity index (χ0) is 27.4. The predicted molar refractivity (Wildman–Crippen MR) is 151 cm³/mol. The molecule has 2 heterocycles. The Morgan fingerprint density at radius 2 is 1.64 bits per heavy atom. The van der Waals surface area contributed by atoms with Gasteiger partial charge in [-0.15, -0.1) is 5.10 Å². The molecule has 0 aliphatic rings. The lowest BCUT2D eigenvalue weighted by Gasteiger charge is -2.20. The molecule has 0 fully saturated rings. The van der Waals surface area contributed by atoms with Crippen molar-refractivity contribution in [3.8, 4) is 16.9 Å². The van der Waals surface area contributed by atoms with Crippen molar-refractivity contribution in [2.75, 3.05) is 0 Å². The number of carbonyl (C=O) groups excluding carboxylic acids is 1. The lowest BCUT2D eigenvalue weighted by atomic mass is 10.0. The van der Waals surface area contributed by atoms with Crippen LogP contribution < -0.4 is 10.9 Å². The van der Waals surface area contributed by atoms with E-state index in [0.717, 1.165) is 11.1 Å². The molecule has 3 aromatic carbocycles. The first-order chi connectivity index (χ1) is 18.9. The zero-order valence-electron chi connectivity index (χ0n) is 20.3. The van der Waals surface area contributed by atoms with Crippen LogP contribution in [0.5, 0.6) is 0 Å². The summed E-state index contributed by atoms with van der Waals surface area (Å²) in [5.74, 6) is -0.314. The number of benzene rings is 3. The van der Waals surface area contributed by atoms with Crippen molar-refractivity contribution < 1.29 is 4.79 Å². The smallest absolute Gasteiger partial charge is 0.254 e. The largest absolute Gasteiger partial charge is 0.350 e. The Labute approximate surface area is 238 Å². The first-order valence-corrected chi connectivity index (χ1v) is 13.0. The van der Waals surface area contributed by atoms with E-state index in [1.165, 1.54) is 27.8 Å². The van der Waals surface area contributed by atoms with Crippen LogP contribution in [-0.2, 0) is 17.8 Å². The van der Waals surface area contributed by atoms with Gasteiger partial charge in [-0.2, -0.15) is 0 Å². The molecule has 5 rings (SSSR count). The van der Waals surface area contributed by atoms with Gasteiger partial charge < -0.3 is 5.32 Å². The van der Waals surface area contributed by atoms with E-state index in [1.54, 1.807) is 30.3 Å². The predicted octanol–water partition coefficient (Wildman–Crippen LogP) is 5.55. The number of hydrogen-bond donors (Lipinski definition) is 1. The molecule has 5 aromatic rings. The highest BCUT2D eigenvalue weighted by Crippen LogP contribution is 2.28. The van der Waals surface area contributed by atoms with Crippen LogP contribution in [0, 0.1) is 0 Å². The first-order valence-electron chi connectivity index (χ1n) is 11.9. The number of rotatable bonds is 8. The Kier molecular flexibility index (Phi) is 8.07. The first kappa shape index (κ1) is 26.6. The van der Waals surface area contributed by atoms with Crippen molar-refractivity contribution in [1.82, 2.24) is 29.9 Å². The minimum Gasteiger partial charge on any atom is -0.350 e. The summed E-state index contributed by atoms with van der Waals surface area (Å²) >= 11 is 18.2. The SMILES string of the molecule is O=C(NCc1ccc(Cl)cc1)[C@H](Cc1ccccc1)n1cnc(-c2cc(Cl)ccc2-n2cc(Cl)nn2)cc1=O. The second-order valence-corrected chi connectivity index (χ2v) is 9.98. The van der Waals surface area contributed by atoms with Gasteiger partial charge in [-0.1, -0.05) is 82.5 Å². The van der Waals surface area contributed by atoms with Gasteiger partial charge in [0.15, 0.2) is 5.15 Å². The van der Waals surface area contributed by atoms with Gasteiger partial charge in [0.1, 0.15) is 6.04 Å². The number of carbonyl (C=O) groups is 1. The Hall–Kier alpha value is -3.98. The summed E-state index contributed by atoms with van der Waals surface area (Å²) in [7, 11) is 0. The van der Waals surface area contributed by atoms with Gasteiger partial charge in [0, 0.05) is 34.6 Å². The van der Waals surface area contributed by atoms with E-state index in [9.17, 15) is 9.59 Å². The lowest BCUT2D eigenvalue weighted by molar-refractivity contribution is -0.124. The van der Waals surface area contributed by atoms with Crippen LogP contribution in [0.2, 0.25) is 15.2 Å². The third-order valence-corrected chi connectivity index (χ3v) is 6.73. The highest BCUT2D eigenvalue weighted by atomic mass is 35.5. The Morgan fingerprint density at radius 1 is 0.897 bits per heavy atom. The fourth-order valence-electron chi connectivity index (χ4n) is 4.13. The van der Waals surface area contributed by atoms with Crippen LogP contribution in [-0.4, -0.2) is 30.5 Å². The van der Waals surface area contributed by atoms with Gasteiger partial charge in [0.2, 0.25) is 5.91 Å². The summed E-state index contributed by atoms with van der Waals surface area (Å²) in [5.41, 5.74) is 2.89. The maximum atomic E-state index is 13.4. The summed E-state index contributed by atoms with van der Waals surface area (Å²) in [6, 6.07) is 22.3. The summed E-state index contributed by atoms with van der Waals surface area (Å²) in [6.45, 7) is 0.286. The van der Waals surface area contributed by atoms with Gasteiger partial charge in [-0.3, -0.25) is 14.2 Å². The number of aromatic nitrogens is 5. The molecule has 0 radical (unpaired) electrons. The maximum absolute atomic E-state index is 13.4. The molecule has 1 atom stereocenters. The van der Waals surface area contributed by atoms with E-state index in [1.807, 2.05) is 42.5 Å². The van der Waals surface area contributed by atoms with Crippen LogP contribution in [0.1, 0.15) is 17.2 Å². The standard InChI is InChI=1S/C28H21Cl3N6O2/c29-20-8-6-19(7-9-20)15-32-28(39)25(12-18-4-2-1-3-5-18)36-17-33-23(14-27(36)38)22-13-21(30)10-11-24(22)37-16-26(31)34-35-37/h1-11,13-14,16-17,25H,12,15H2,(H,32,39)/t25-/m0/s1. The molecule has 8 nitrogen and oxygen atoms in total. The molecule has 0 saturated carbocycles. The van der Waals surface area contributed by atoms with E-state index in [-0.39, 0.29) is 17.6 Å². The van der Waals surface area contributed by atoms with Crippen molar-refractivity contribution >= 4 is 40.7 Å². The third-order valence-electron chi connectivity index (χ3n) is 6.07. The molecule has 11 heteroatoms. The van der Waals surface area contributed by atoms with E-state index in [2.05, 4.69) is 20.6 Å². The topological polar surface area (TPSA) is 94.7 Å². The number of nitrogens with zero attached hydrogens (tertiary/aromatic N) is 5. The van der Waals surface area contributed by atoms with Gasteiger partial charge in [0.25, 0.3) is 5.56 Å². The maximum Gasteiger partial charge on any atom is 0.254 e. The number of amides is 1. The minimum absolute atomic E-state index is 0.215. The Balaban J connectivity index is 1.48. The average molecular weight is 580 g/mol. The van der Waals surface area contributed by atoms with Gasteiger partial charge in [0.05, 0.1) is 23.9 Å². The molecule has 39 heavy (non-hydrogen) atoms. The van der Waals surface area contributed by atoms with Crippen molar-refractivity contribution in [2.24, 2.45) is 0 Å². The minimum atomic E-state index is -0.832. The quantitative estimate of drug-likeness (QED) is 0.260. The van der Waals surface area contributed by atoms with E-state index in [0.29, 0.717) is 33.4 Å². The molecule has 2 aromatic heterocycles. The molecule has 1 N–H and O–H groups in total. The summed E-state index contributed by atoms with van der Waals surface area (Å²) in [6.07, 6.45) is 3.22. The third kappa shape index (κ3) is 6.37. The molecular formula is C28H21Cl3N6O2. The number of halogens is 3. The van der Waals surface area contributed by atoms with Crippen LogP contribution in [0.15, 0.2) is 96.2 Å². The molecule has 0 aliphatic heterocycles. The zero-order valence-corrected chi connectivity index (χ0v) is 22.6. The Bertz CT molecular complexity index is 1670. The van der Waals surface area contributed by atoms with Gasteiger partial charge >= 0.3 is 0 Å². The normalized spacial score (nSPS) is 11.8. The lowest BCUT2D eigenvalue weighted by Crippen LogP contribution is -2.38. The fourth-order valence-corrected chi connectivity index (χ4v) is 4.55. The van der Waals surface area contributed by atoms with Crippen molar-refractivity contribution in [3.05, 3.63) is 128 Å². The summed E-state index contributed by atoms with van der Waals surface area (Å²) < 4.78 is 2.81. The van der Waals surface area contributed by atoms with E-state index < -0.39 is 11.6 Å². The highest BCUT2D eigenvalue weighted by Gasteiger charge is 2.23. The van der Waals surface area contributed by atoms with Crippen molar-refractivity contribution in [2.45, 2.75) is 19.0 Å². The second-order valence-electron chi connectivity index (χ2n) is 8.72. The number of nitrogens with one attached hydrogen (secondary N) is 1. The van der Waals surface area contributed by atoms with Crippen molar-refractivity contribution in [1.29, 1.82) is 0 Å². The molecule has 0 bridgehead atoms. The monoisotopic (exact) mass is 578 g/mol. The number of hydrogen-bond acceptors (Lipinski definition) is 5. The Morgan fingerprint density at radius 3 is 2.33 bits per heavy atom.